The van der Waals surface area contributed by atoms with Gasteiger partial charge in [0.2, 0.25) is 0 Å². The Hall–Kier alpha value is -4.08. The molecule has 3 aromatic rings. The van der Waals surface area contributed by atoms with Crippen molar-refractivity contribution < 1.29 is 19.0 Å². The molecule has 0 spiro atoms. The lowest BCUT2D eigenvalue weighted by Crippen LogP contribution is -2.56. The van der Waals surface area contributed by atoms with E-state index in [1.807, 2.05) is 41.3 Å². The highest BCUT2D eigenvalue weighted by atomic mass is 16.6. The number of nitrogens with zero attached hydrogens (tertiary/aromatic N) is 2. The molecule has 2 unspecified atom stereocenters. The van der Waals surface area contributed by atoms with Crippen LogP contribution < -0.4 is 4.74 Å². The first kappa shape index (κ1) is 23.3. The number of hydrogen-bond donors (Lipinski definition) is 0. The molecule has 186 valence electrons. The Morgan fingerprint density at radius 1 is 0.973 bits per heavy atom. The monoisotopic (exact) mass is 492 g/mol. The van der Waals surface area contributed by atoms with Crippen LogP contribution >= 0.6 is 0 Å². The number of carbonyl (C=O) groups excluding carboxylic acids is 1. The van der Waals surface area contributed by atoms with Crippen LogP contribution in [-0.2, 0) is 9.47 Å². The van der Waals surface area contributed by atoms with Crippen molar-refractivity contribution in [2.75, 3.05) is 26.4 Å². The fraction of sp³-hybridized carbons (Fsp3) is 0.290. The number of hydrogen-bond acceptors (Lipinski definition) is 5. The molecule has 3 aliphatic rings. The van der Waals surface area contributed by atoms with E-state index in [4.69, 9.17) is 19.5 Å². The van der Waals surface area contributed by atoms with E-state index in [1.54, 1.807) is 0 Å². The molecule has 6 nitrogen and oxygen atoms in total. The highest BCUT2D eigenvalue weighted by Crippen LogP contribution is 2.44. The van der Waals surface area contributed by atoms with Crippen molar-refractivity contribution in [2.45, 2.75) is 30.8 Å². The maximum absolute atomic E-state index is 13.4. The first-order valence-corrected chi connectivity index (χ1v) is 12.7. The molecule has 2 bridgehead atoms. The molecular formula is C31H28N2O4. The van der Waals surface area contributed by atoms with Gasteiger partial charge in [-0.25, -0.2) is 4.79 Å². The lowest BCUT2D eigenvalue weighted by Gasteiger charge is -2.44. The highest BCUT2D eigenvalue weighted by molar-refractivity contribution is 5.79. The summed E-state index contributed by atoms with van der Waals surface area (Å²) in [6.07, 6.45) is 2.91. The van der Waals surface area contributed by atoms with E-state index in [9.17, 15) is 4.79 Å². The van der Waals surface area contributed by atoms with Gasteiger partial charge in [0.15, 0.2) is 0 Å². The smallest absolute Gasteiger partial charge is 0.410 e. The summed E-state index contributed by atoms with van der Waals surface area (Å²) in [7, 11) is 0. The molecule has 0 saturated carbocycles. The number of amides is 1. The summed E-state index contributed by atoms with van der Waals surface area (Å²) in [5.74, 6) is 0.788. The molecule has 6 heteroatoms. The average molecular weight is 493 g/mol. The summed E-state index contributed by atoms with van der Waals surface area (Å²) in [6.45, 7) is 1.65. The van der Waals surface area contributed by atoms with Gasteiger partial charge in [0.1, 0.15) is 19.0 Å². The number of nitriles is 1. The number of benzene rings is 3. The van der Waals surface area contributed by atoms with Crippen LogP contribution in [0.4, 0.5) is 4.79 Å². The largest absolute Gasteiger partial charge is 0.493 e. The van der Waals surface area contributed by atoms with Gasteiger partial charge in [0.05, 0.1) is 37.8 Å². The van der Waals surface area contributed by atoms with Gasteiger partial charge in [-0.1, -0.05) is 66.7 Å². The third-order valence-corrected chi connectivity index (χ3v) is 7.45. The molecular weight excluding hydrogens is 464 g/mol. The minimum Gasteiger partial charge on any atom is -0.493 e. The van der Waals surface area contributed by atoms with Crippen LogP contribution in [0.1, 0.15) is 35.4 Å². The van der Waals surface area contributed by atoms with Gasteiger partial charge in [-0.3, -0.25) is 4.90 Å². The zero-order valence-corrected chi connectivity index (χ0v) is 20.5. The van der Waals surface area contributed by atoms with Crippen molar-refractivity contribution in [1.29, 1.82) is 5.26 Å². The molecule has 0 aromatic heterocycles. The van der Waals surface area contributed by atoms with E-state index >= 15 is 0 Å². The zero-order valence-electron chi connectivity index (χ0n) is 20.5. The third-order valence-electron chi connectivity index (χ3n) is 7.45. The van der Waals surface area contributed by atoms with E-state index in [-0.39, 0.29) is 24.1 Å². The molecule has 2 aliphatic heterocycles. The van der Waals surface area contributed by atoms with Crippen molar-refractivity contribution in [1.82, 2.24) is 4.90 Å². The molecule has 37 heavy (non-hydrogen) atoms. The topological polar surface area (TPSA) is 71.8 Å². The van der Waals surface area contributed by atoms with Gasteiger partial charge >= 0.3 is 6.09 Å². The van der Waals surface area contributed by atoms with Gasteiger partial charge in [-0.05, 0) is 51.9 Å². The van der Waals surface area contributed by atoms with Crippen LogP contribution in [0.3, 0.4) is 0 Å². The summed E-state index contributed by atoms with van der Waals surface area (Å²) < 4.78 is 17.4. The number of ether oxygens (including phenoxy) is 3. The van der Waals surface area contributed by atoms with Crippen LogP contribution in [0.2, 0.25) is 0 Å². The molecule has 1 saturated heterocycles. The van der Waals surface area contributed by atoms with Crippen LogP contribution in [0, 0.1) is 11.3 Å². The minimum atomic E-state index is -0.281. The Morgan fingerprint density at radius 3 is 2.35 bits per heavy atom. The van der Waals surface area contributed by atoms with Gasteiger partial charge in [0.25, 0.3) is 0 Å². The number of fused-ring (bicyclic) bond motifs is 5. The summed E-state index contributed by atoms with van der Waals surface area (Å²) >= 11 is 0. The quantitative estimate of drug-likeness (QED) is 0.408. The van der Waals surface area contributed by atoms with E-state index in [2.05, 4.69) is 48.5 Å². The Morgan fingerprint density at radius 2 is 1.68 bits per heavy atom. The minimum absolute atomic E-state index is 0.0391. The lowest BCUT2D eigenvalue weighted by molar-refractivity contribution is -0.0331. The highest BCUT2D eigenvalue weighted by Gasteiger charge is 2.40. The molecule has 0 radical (unpaired) electrons. The van der Waals surface area contributed by atoms with E-state index < -0.39 is 0 Å². The summed E-state index contributed by atoms with van der Waals surface area (Å²) in [5, 5.41) is 8.68. The molecule has 2 atom stereocenters. The Labute approximate surface area is 216 Å². The normalized spacial score (nSPS) is 19.9. The number of rotatable bonds is 6. The van der Waals surface area contributed by atoms with Crippen molar-refractivity contribution in [3.05, 3.63) is 95.6 Å². The second-order valence-electron chi connectivity index (χ2n) is 9.65. The predicted molar refractivity (Wildman–Crippen MR) is 140 cm³/mol. The summed E-state index contributed by atoms with van der Waals surface area (Å²) in [6, 6.07) is 26.5. The standard InChI is InChI=1S/C31H28N2O4/c32-14-5-15-36-25-12-10-21(11-13-25)22-16-23-18-35-19-24(17-22)33(23)31(34)37-20-30-28-8-3-1-6-26(28)27-7-2-4-9-29(27)30/h1-4,6-13,16,23-24,30H,5,15,17-20H2. The van der Waals surface area contributed by atoms with Gasteiger partial charge in [-0.2, -0.15) is 5.26 Å². The van der Waals surface area contributed by atoms with E-state index in [0.717, 1.165) is 11.3 Å². The zero-order chi connectivity index (χ0) is 25.2. The van der Waals surface area contributed by atoms with Crippen molar-refractivity contribution in [3.63, 3.8) is 0 Å². The SMILES string of the molecule is N#CCCOc1ccc(C2=CC3COCC(C2)N3C(=O)OCC2c3ccccc3-c3ccccc32)cc1. The number of morpholine rings is 1. The molecule has 1 fully saturated rings. The second kappa shape index (κ2) is 10.1. The van der Waals surface area contributed by atoms with Gasteiger partial charge < -0.3 is 14.2 Å². The van der Waals surface area contributed by atoms with E-state index in [0.29, 0.717) is 39.3 Å². The first-order valence-electron chi connectivity index (χ1n) is 12.7. The molecule has 1 amide bonds. The Bertz CT molecular complexity index is 1330. The predicted octanol–water partition coefficient (Wildman–Crippen LogP) is 5.78. The lowest BCUT2D eigenvalue weighted by atomic mass is 9.90. The fourth-order valence-corrected chi connectivity index (χ4v) is 5.74. The van der Waals surface area contributed by atoms with Crippen LogP contribution in [0.15, 0.2) is 78.9 Å². The first-order chi connectivity index (χ1) is 18.2. The average Bonchev–Trinajstić information content (AvgIpc) is 3.25. The van der Waals surface area contributed by atoms with Crippen LogP contribution in [-0.4, -0.2) is 49.5 Å². The van der Waals surface area contributed by atoms with Crippen molar-refractivity contribution in [2.24, 2.45) is 0 Å². The fourth-order valence-electron chi connectivity index (χ4n) is 5.74. The molecule has 0 N–H and O–H groups in total. The third kappa shape index (κ3) is 4.47. The molecule has 2 heterocycles. The maximum atomic E-state index is 13.4. The van der Waals surface area contributed by atoms with Crippen LogP contribution in [0.5, 0.6) is 5.75 Å². The summed E-state index contributed by atoms with van der Waals surface area (Å²) in [4.78, 5) is 15.2. The molecule has 3 aromatic carbocycles. The maximum Gasteiger partial charge on any atom is 0.410 e. The Kier molecular flexibility index (Phi) is 6.38. The number of carbonyl (C=O) groups is 1. The second-order valence-corrected chi connectivity index (χ2v) is 9.65. The molecule has 6 rings (SSSR count). The van der Waals surface area contributed by atoms with Gasteiger partial charge in [-0.15, -0.1) is 0 Å². The van der Waals surface area contributed by atoms with Crippen molar-refractivity contribution >= 4 is 11.7 Å². The van der Waals surface area contributed by atoms with Crippen molar-refractivity contribution in [3.8, 4) is 22.9 Å². The Balaban J connectivity index is 1.16. The molecule has 1 aliphatic carbocycles. The van der Waals surface area contributed by atoms with Crippen LogP contribution in [0.25, 0.3) is 16.7 Å². The summed E-state index contributed by atoms with van der Waals surface area (Å²) in [5.41, 5.74) is 7.16. The van der Waals surface area contributed by atoms with Gasteiger partial charge in [0, 0.05) is 5.92 Å². The van der Waals surface area contributed by atoms with E-state index in [1.165, 1.54) is 27.8 Å².